The Morgan fingerprint density at radius 2 is 1.75 bits per heavy atom. The fourth-order valence-corrected chi connectivity index (χ4v) is 6.44. The smallest absolute Gasteiger partial charge is 0.229 e. The molecule has 1 fully saturated rings. The Morgan fingerprint density at radius 3 is 2.39 bits per heavy atom. The Labute approximate surface area is 265 Å². The zero-order chi connectivity index (χ0) is 31.9. The number of hydrogen-bond acceptors (Lipinski definition) is 9. The first kappa shape index (κ1) is 33.6. The molecule has 2 atom stereocenters. The Hall–Kier alpha value is -3.25. The Bertz CT molecular complexity index is 1510. The number of sulfone groups is 1. The van der Waals surface area contributed by atoms with Gasteiger partial charge in [-0.05, 0) is 75.5 Å². The molecule has 1 amide bonds. The molecule has 4 rings (SSSR count). The molecule has 1 aliphatic rings. The van der Waals surface area contributed by atoms with Crippen molar-refractivity contribution < 1.29 is 18.3 Å². The maximum atomic E-state index is 12.9. The second kappa shape index (κ2) is 15.2. The third kappa shape index (κ3) is 8.47. The summed E-state index contributed by atoms with van der Waals surface area (Å²) in [5.41, 5.74) is 2.33. The molecule has 0 spiro atoms. The summed E-state index contributed by atoms with van der Waals surface area (Å²) < 4.78 is 25.7. The molecule has 238 valence electrons. The molecule has 0 radical (unpaired) electrons. The lowest BCUT2D eigenvalue weighted by atomic mass is 9.93. The standard InChI is InChI=1S/C32H43ClN6O4S/c1-5-22(4)28(20-40)37-31(41)24-14-16-39(17-15-24)19-23-10-12-25(13-11-23)35-32-34-18-26(33)30(38-32)36-27-8-6-7-9-29(27)44(42,43)21(2)3/h6-13,18,21-22,24,28,40H,5,14-17,19-20H2,1-4H3,(H,37,41)(H2,34,35,36,38). The van der Waals surface area contributed by atoms with Crippen molar-refractivity contribution in [1.29, 1.82) is 0 Å². The van der Waals surface area contributed by atoms with E-state index in [0.717, 1.165) is 50.1 Å². The van der Waals surface area contributed by atoms with Gasteiger partial charge < -0.3 is 21.1 Å². The summed E-state index contributed by atoms with van der Waals surface area (Å²) in [6.07, 6.45) is 3.96. The molecular weight excluding hydrogens is 600 g/mol. The minimum absolute atomic E-state index is 0.0252. The number of carbonyl (C=O) groups excluding carboxylic acids is 1. The zero-order valence-electron chi connectivity index (χ0n) is 25.8. The van der Waals surface area contributed by atoms with Crippen molar-refractivity contribution in [3.63, 3.8) is 0 Å². The third-order valence-electron chi connectivity index (χ3n) is 8.24. The molecular formula is C32H43ClN6O4S. The second-order valence-corrected chi connectivity index (χ2v) is 14.5. The number of para-hydroxylation sites is 1. The number of carbonyl (C=O) groups is 1. The molecule has 2 unspecified atom stereocenters. The van der Waals surface area contributed by atoms with E-state index in [4.69, 9.17) is 11.6 Å². The predicted molar refractivity (Wildman–Crippen MR) is 175 cm³/mol. The Morgan fingerprint density at radius 1 is 1.07 bits per heavy atom. The fourth-order valence-electron chi connectivity index (χ4n) is 5.10. The molecule has 3 aromatic rings. The summed E-state index contributed by atoms with van der Waals surface area (Å²) in [6, 6.07) is 14.5. The Kier molecular flexibility index (Phi) is 11.6. The summed E-state index contributed by atoms with van der Waals surface area (Å²) in [5.74, 6) is 0.862. The zero-order valence-corrected chi connectivity index (χ0v) is 27.3. The molecule has 2 aromatic carbocycles. The molecule has 1 aliphatic heterocycles. The topological polar surface area (TPSA) is 137 Å². The number of nitrogens with one attached hydrogen (secondary N) is 3. The Balaban J connectivity index is 1.33. The van der Waals surface area contributed by atoms with Crippen LogP contribution in [0, 0.1) is 11.8 Å². The number of anilines is 4. The van der Waals surface area contributed by atoms with Gasteiger partial charge in [-0.15, -0.1) is 0 Å². The quantitative estimate of drug-likeness (QED) is 0.190. The number of hydrogen-bond donors (Lipinski definition) is 4. The molecule has 0 saturated carbocycles. The fraction of sp³-hybridized carbons (Fsp3) is 0.469. The van der Waals surface area contributed by atoms with E-state index in [1.54, 1.807) is 38.1 Å². The van der Waals surface area contributed by atoms with E-state index in [9.17, 15) is 18.3 Å². The average molecular weight is 643 g/mol. The summed E-state index contributed by atoms with van der Waals surface area (Å²) in [4.78, 5) is 24.1. The van der Waals surface area contributed by atoms with Gasteiger partial charge in [-0.3, -0.25) is 9.69 Å². The van der Waals surface area contributed by atoms with Crippen LogP contribution in [-0.2, 0) is 21.2 Å². The number of likely N-dealkylation sites (tertiary alicyclic amines) is 1. The van der Waals surface area contributed by atoms with Gasteiger partial charge in [0, 0.05) is 18.2 Å². The molecule has 10 nitrogen and oxygen atoms in total. The van der Waals surface area contributed by atoms with Gasteiger partial charge in [0.05, 0.1) is 34.7 Å². The molecule has 2 heterocycles. The first-order valence-electron chi connectivity index (χ1n) is 15.1. The minimum Gasteiger partial charge on any atom is -0.394 e. The monoisotopic (exact) mass is 642 g/mol. The number of aromatic nitrogens is 2. The van der Waals surface area contributed by atoms with Crippen molar-refractivity contribution in [2.45, 2.75) is 69.7 Å². The number of piperidine rings is 1. The van der Waals surface area contributed by atoms with Gasteiger partial charge in [-0.25, -0.2) is 13.4 Å². The van der Waals surface area contributed by atoms with Crippen molar-refractivity contribution >= 4 is 50.5 Å². The maximum absolute atomic E-state index is 12.9. The van der Waals surface area contributed by atoms with Crippen LogP contribution in [0.25, 0.3) is 0 Å². The largest absolute Gasteiger partial charge is 0.394 e. The van der Waals surface area contributed by atoms with E-state index in [0.29, 0.717) is 11.6 Å². The maximum Gasteiger partial charge on any atom is 0.229 e. The van der Waals surface area contributed by atoms with Crippen LogP contribution >= 0.6 is 11.6 Å². The molecule has 44 heavy (non-hydrogen) atoms. The van der Waals surface area contributed by atoms with Crippen LogP contribution in [0.3, 0.4) is 0 Å². The van der Waals surface area contributed by atoms with Crippen molar-refractivity contribution in [1.82, 2.24) is 20.2 Å². The van der Waals surface area contributed by atoms with E-state index in [1.807, 2.05) is 31.2 Å². The van der Waals surface area contributed by atoms with Crippen LogP contribution in [0.2, 0.25) is 5.02 Å². The number of aliphatic hydroxyl groups is 1. The van der Waals surface area contributed by atoms with Gasteiger partial charge in [0.1, 0.15) is 5.02 Å². The molecule has 0 aliphatic carbocycles. The van der Waals surface area contributed by atoms with Gasteiger partial charge in [-0.1, -0.05) is 56.1 Å². The van der Waals surface area contributed by atoms with E-state index in [-0.39, 0.29) is 46.1 Å². The highest BCUT2D eigenvalue weighted by molar-refractivity contribution is 7.92. The number of rotatable bonds is 13. The second-order valence-electron chi connectivity index (χ2n) is 11.7. The predicted octanol–water partition coefficient (Wildman–Crippen LogP) is 5.53. The number of nitrogens with zero attached hydrogens (tertiary/aromatic N) is 3. The highest BCUT2D eigenvalue weighted by Gasteiger charge is 2.28. The van der Waals surface area contributed by atoms with Crippen LogP contribution in [0.4, 0.5) is 23.1 Å². The van der Waals surface area contributed by atoms with Crippen molar-refractivity contribution in [2.24, 2.45) is 11.8 Å². The lowest BCUT2D eigenvalue weighted by Gasteiger charge is -2.32. The molecule has 4 N–H and O–H groups in total. The third-order valence-corrected chi connectivity index (χ3v) is 10.7. The molecule has 1 saturated heterocycles. The molecule has 1 aromatic heterocycles. The SMILES string of the molecule is CCC(C)C(CO)NC(=O)C1CCN(Cc2ccc(Nc3ncc(Cl)c(Nc4ccccc4S(=O)(=O)C(C)C)n3)cc2)CC1. The average Bonchev–Trinajstić information content (AvgIpc) is 3.02. The van der Waals surface area contributed by atoms with Crippen LogP contribution in [0.1, 0.15) is 52.5 Å². The number of amides is 1. The van der Waals surface area contributed by atoms with E-state index >= 15 is 0 Å². The van der Waals surface area contributed by atoms with Gasteiger partial charge in [-0.2, -0.15) is 4.98 Å². The highest BCUT2D eigenvalue weighted by atomic mass is 35.5. The first-order chi connectivity index (χ1) is 21.0. The van der Waals surface area contributed by atoms with Crippen molar-refractivity contribution in [3.8, 4) is 0 Å². The lowest BCUT2D eigenvalue weighted by Crippen LogP contribution is -2.47. The molecule has 0 bridgehead atoms. The number of aliphatic hydroxyl groups excluding tert-OH is 1. The van der Waals surface area contributed by atoms with E-state index in [2.05, 4.69) is 37.7 Å². The van der Waals surface area contributed by atoms with Gasteiger partial charge >= 0.3 is 0 Å². The van der Waals surface area contributed by atoms with Crippen molar-refractivity contribution in [2.75, 3.05) is 30.3 Å². The minimum atomic E-state index is -3.52. The van der Waals surface area contributed by atoms with Crippen LogP contribution in [-0.4, -0.2) is 65.3 Å². The van der Waals surface area contributed by atoms with Crippen LogP contribution < -0.4 is 16.0 Å². The molecule has 12 heteroatoms. The number of halogens is 1. The van der Waals surface area contributed by atoms with Crippen molar-refractivity contribution in [3.05, 3.63) is 65.3 Å². The summed E-state index contributed by atoms with van der Waals surface area (Å²) in [6.45, 7) is 9.81. The summed E-state index contributed by atoms with van der Waals surface area (Å²) >= 11 is 6.36. The summed E-state index contributed by atoms with van der Waals surface area (Å²) in [5, 5.41) is 18.6. The van der Waals surface area contributed by atoms with E-state index < -0.39 is 15.1 Å². The summed E-state index contributed by atoms with van der Waals surface area (Å²) in [7, 11) is -3.52. The normalized spacial score (nSPS) is 16.0. The van der Waals surface area contributed by atoms with Gasteiger partial charge in [0.2, 0.25) is 11.9 Å². The van der Waals surface area contributed by atoms with Crippen LogP contribution in [0.5, 0.6) is 0 Å². The van der Waals surface area contributed by atoms with Crippen LogP contribution in [0.15, 0.2) is 59.6 Å². The highest BCUT2D eigenvalue weighted by Crippen LogP contribution is 2.30. The van der Waals surface area contributed by atoms with Gasteiger partial charge in [0.15, 0.2) is 15.7 Å². The van der Waals surface area contributed by atoms with E-state index in [1.165, 1.54) is 6.20 Å². The number of benzene rings is 2. The van der Waals surface area contributed by atoms with Gasteiger partial charge in [0.25, 0.3) is 0 Å². The lowest BCUT2D eigenvalue weighted by molar-refractivity contribution is -0.128. The first-order valence-corrected chi connectivity index (χ1v) is 17.1.